The van der Waals surface area contributed by atoms with Gasteiger partial charge in [-0.25, -0.2) is 0 Å². The van der Waals surface area contributed by atoms with E-state index in [1.54, 1.807) is 0 Å². The molecule has 1 N–H and O–H groups in total. The number of hydrogen-bond donors (Lipinski definition) is 1. The number of aliphatic hydroxyl groups excluding tert-OH is 1. The molecule has 0 saturated carbocycles. The van der Waals surface area contributed by atoms with E-state index in [1.807, 2.05) is 0 Å². The van der Waals surface area contributed by atoms with Crippen LogP contribution < -0.4 is 17.0 Å². The van der Waals surface area contributed by atoms with Crippen molar-refractivity contribution in [1.29, 1.82) is 0 Å². The number of thiophene rings is 1. The fraction of sp³-hybridized carbons (Fsp3) is 0.379. The van der Waals surface area contributed by atoms with Crippen LogP contribution in [0.15, 0.2) is 72.8 Å². The molecule has 1 aliphatic rings. The van der Waals surface area contributed by atoms with Crippen LogP contribution in [0.2, 0.25) is 0 Å². The van der Waals surface area contributed by atoms with Crippen LogP contribution in [-0.2, 0) is 6.42 Å². The maximum absolute atomic E-state index is 9.06. The van der Waals surface area contributed by atoms with Crippen molar-refractivity contribution < 1.29 is 26.6 Å². The molecule has 0 bridgehead atoms. The van der Waals surface area contributed by atoms with Gasteiger partial charge in [0.1, 0.15) is 0 Å². The van der Waals surface area contributed by atoms with E-state index in [0.717, 1.165) is 16.9 Å². The van der Waals surface area contributed by atoms with Gasteiger partial charge in [-0.3, -0.25) is 0 Å². The summed E-state index contributed by atoms with van der Waals surface area (Å²) in [5.74, 6) is 0. The van der Waals surface area contributed by atoms with E-state index in [1.165, 1.54) is 56.6 Å². The second-order valence-corrected chi connectivity index (χ2v) is 12.0. The molecule has 4 aromatic rings. The van der Waals surface area contributed by atoms with Crippen molar-refractivity contribution in [3.8, 4) is 4.90 Å². The third kappa shape index (κ3) is 6.07. The Morgan fingerprint density at radius 3 is 1.79 bits per heavy atom. The second kappa shape index (κ2) is 11.8. The van der Waals surface area contributed by atoms with Crippen molar-refractivity contribution in [2.45, 2.75) is 25.3 Å². The Morgan fingerprint density at radius 1 is 0.824 bits per heavy atom. The minimum absolute atomic E-state index is 0. The molecule has 0 radical (unpaired) electrons. The minimum Gasteiger partial charge on any atom is -1.00 e. The number of benzene rings is 3. The molecular formula is C29H38BrN2OS+. The molecule has 0 unspecified atom stereocenters. The summed E-state index contributed by atoms with van der Waals surface area (Å²) in [6.07, 6.45) is 3.45. The highest BCUT2D eigenvalue weighted by atomic mass is 79.9. The third-order valence-electron chi connectivity index (χ3n) is 6.85. The number of halogens is 1. The van der Waals surface area contributed by atoms with Crippen molar-refractivity contribution in [2.24, 2.45) is 0 Å². The number of nitrogens with zero attached hydrogens (tertiary/aromatic N) is 2. The summed E-state index contributed by atoms with van der Waals surface area (Å²) in [4.78, 5) is 3.77. The number of fused-ring (bicyclic) bond motifs is 3. The Labute approximate surface area is 218 Å². The van der Waals surface area contributed by atoms with Gasteiger partial charge in [0.25, 0.3) is 0 Å². The average molecular weight is 543 g/mol. The van der Waals surface area contributed by atoms with Gasteiger partial charge in [0, 0.05) is 53.8 Å². The Hall–Kier alpha value is -1.76. The van der Waals surface area contributed by atoms with Gasteiger partial charge < -0.3 is 31.5 Å². The number of hydrogen-bond acceptors (Lipinski definition) is 2. The maximum Gasteiger partial charge on any atom is 0.187 e. The number of rotatable bonds is 4. The summed E-state index contributed by atoms with van der Waals surface area (Å²) in [7, 11) is 9.10. The summed E-state index contributed by atoms with van der Waals surface area (Å²) >= 11 is 0. The summed E-state index contributed by atoms with van der Waals surface area (Å²) in [5.41, 5.74) is 1.19. The molecule has 1 fully saturated rings. The normalized spacial score (nSPS) is 15.1. The molecule has 0 aliphatic carbocycles. The molecule has 3 aromatic carbocycles. The number of aliphatic hydroxyl groups is 1. The molecule has 1 aromatic heterocycles. The van der Waals surface area contributed by atoms with Gasteiger partial charge in [-0.15, -0.1) is 0 Å². The van der Waals surface area contributed by atoms with Gasteiger partial charge in [0.15, 0.2) is 14.3 Å². The van der Waals surface area contributed by atoms with Crippen LogP contribution in [0.3, 0.4) is 0 Å². The van der Waals surface area contributed by atoms with Gasteiger partial charge in [-0.05, 0) is 55.4 Å². The van der Waals surface area contributed by atoms with Crippen LogP contribution >= 0.6 is 10.5 Å². The molecule has 1 aliphatic heterocycles. The van der Waals surface area contributed by atoms with Crippen LogP contribution in [0.4, 0.5) is 0 Å². The van der Waals surface area contributed by atoms with Gasteiger partial charge >= 0.3 is 0 Å². The topological polar surface area (TPSA) is 23.5 Å². The number of piperidine rings is 1. The quantitative estimate of drug-likeness (QED) is 0.317. The zero-order valence-electron chi connectivity index (χ0n) is 20.9. The van der Waals surface area contributed by atoms with Crippen LogP contribution in [0, 0.1) is 0 Å². The van der Waals surface area contributed by atoms with Gasteiger partial charge in [-0.1, -0.05) is 36.4 Å². The summed E-state index contributed by atoms with van der Waals surface area (Å²) in [5, 5.41) is 11.8. The van der Waals surface area contributed by atoms with E-state index in [-0.39, 0.29) is 34.1 Å². The molecule has 3 nitrogen and oxygen atoms in total. The highest BCUT2D eigenvalue weighted by Crippen LogP contribution is 2.48. The molecule has 1 saturated heterocycles. The Morgan fingerprint density at radius 2 is 1.32 bits per heavy atom. The van der Waals surface area contributed by atoms with Crippen LogP contribution in [0.1, 0.15) is 18.4 Å². The Balaban J connectivity index is 0.000000231. The fourth-order valence-electron chi connectivity index (χ4n) is 4.80. The molecule has 0 spiro atoms. The molecule has 0 amide bonds. The van der Waals surface area contributed by atoms with Crippen LogP contribution in [0.5, 0.6) is 0 Å². The molecule has 5 rings (SSSR count). The highest BCUT2D eigenvalue weighted by molar-refractivity contribution is 7.50. The van der Waals surface area contributed by atoms with Gasteiger partial charge in [0.05, 0.1) is 27.2 Å². The maximum atomic E-state index is 9.06. The predicted octanol–water partition coefficient (Wildman–Crippen LogP) is 3.06. The fourth-order valence-corrected chi connectivity index (χ4v) is 7.18. The first-order valence-corrected chi connectivity index (χ1v) is 13.2. The summed E-state index contributed by atoms with van der Waals surface area (Å²) in [6, 6.07) is 27.0. The molecule has 34 heavy (non-hydrogen) atoms. The van der Waals surface area contributed by atoms with Gasteiger partial charge in [0.2, 0.25) is 0 Å². The van der Waals surface area contributed by atoms with Crippen molar-refractivity contribution >= 4 is 30.6 Å². The van der Waals surface area contributed by atoms with Crippen LogP contribution in [0.25, 0.3) is 25.1 Å². The van der Waals surface area contributed by atoms with E-state index in [9.17, 15) is 0 Å². The molecule has 2 heterocycles. The standard InChI is InChI=1S/C20H17OS.C9H21N2.BrH/c21-14-13-15-9-11-16(12-10-15)22-19-7-3-1-5-17(19)18-6-2-4-8-20(18)22;1-10-7-5-9(6-8-10)11(2,3)4;/h1-12,21H,13-14H2;9H,5-8H2,1-4H3;1H/q2*+1;/p-1. The second-order valence-electron chi connectivity index (χ2n) is 10.1. The molecule has 182 valence electrons. The van der Waals surface area contributed by atoms with E-state index in [0.29, 0.717) is 0 Å². The molecule has 5 heteroatoms. The first-order valence-electron chi connectivity index (χ1n) is 12.0. The van der Waals surface area contributed by atoms with Crippen molar-refractivity contribution in [3.05, 3.63) is 78.4 Å². The molecule has 0 atom stereocenters. The first kappa shape index (κ1) is 26.8. The number of quaternary nitrogens is 1. The lowest BCUT2D eigenvalue weighted by Crippen LogP contribution is -3.00. The first-order chi connectivity index (χ1) is 15.9. The Kier molecular flexibility index (Phi) is 9.30. The smallest absolute Gasteiger partial charge is 0.187 e. The van der Waals surface area contributed by atoms with E-state index in [4.69, 9.17) is 5.11 Å². The Bertz CT molecular complexity index is 1140. The third-order valence-corrected chi connectivity index (χ3v) is 9.18. The highest BCUT2D eigenvalue weighted by Gasteiger charge is 2.27. The monoisotopic (exact) mass is 541 g/mol. The predicted molar refractivity (Wildman–Crippen MR) is 145 cm³/mol. The number of likely N-dealkylation sites (tertiary alicyclic amines) is 1. The SMILES string of the molecule is CN1CCC([N+](C)(C)C)CC1.OCCc1ccc(-[s+]2c3ccccc3c3ccccc32)cc1.[Br-]. The van der Waals surface area contributed by atoms with E-state index >= 15 is 0 Å². The van der Waals surface area contributed by atoms with Crippen molar-refractivity contribution in [1.82, 2.24) is 4.90 Å². The zero-order valence-corrected chi connectivity index (χ0v) is 23.3. The summed E-state index contributed by atoms with van der Waals surface area (Å²) < 4.78 is 3.96. The minimum atomic E-state index is -0.0153. The largest absolute Gasteiger partial charge is 1.00 e. The van der Waals surface area contributed by atoms with Crippen molar-refractivity contribution in [2.75, 3.05) is 47.9 Å². The van der Waals surface area contributed by atoms with Crippen LogP contribution in [-0.4, -0.2) is 68.4 Å². The van der Waals surface area contributed by atoms with Crippen molar-refractivity contribution in [3.63, 3.8) is 0 Å². The van der Waals surface area contributed by atoms with E-state index < -0.39 is 0 Å². The molecular weight excluding hydrogens is 504 g/mol. The zero-order chi connectivity index (χ0) is 23.4. The van der Waals surface area contributed by atoms with Gasteiger partial charge in [-0.2, -0.15) is 0 Å². The average Bonchev–Trinajstić information content (AvgIpc) is 3.15. The lowest BCUT2D eigenvalue weighted by molar-refractivity contribution is -0.897. The van der Waals surface area contributed by atoms with E-state index in [2.05, 4.69) is 106 Å². The summed E-state index contributed by atoms with van der Waals surface area (Å²) in [6.45, 7) is 2.76. The lowest BCUT2D eigenvalue weighted by Gasteiger charge is -2.39. The lowest BCUT2D eigenvalue weighted by atomic mass is 10.0.